The van der Waals surface area contributed by atoms with Gasteiger partial charge in [0.05, 0.1) is 29.5 Å². The SMILES string of the molecule is Cc1cc(=O)oc2cc(OCC(O)Cn3nnc4ccccc43)cc(OCC(O)Cn3nnc4ccccc43)c12. The van der Waals surface area contributed by atoms with Gasteiger partial charge in [-0.15, -0.1) is 10.2 Å². The third-order valence-corrected chi connectivity index (χ3v) is 6.46. The number of hydrogen-bond donors (Lipinski definition) is 2. The Balaban J connectivity index is 1.18. The smallest absolute Gasteiger partial charge is 0.336 e. The molecule has 3 aromatic heterocycles. The van der Waals surface area contributed by atoms with E-state index in [1.54, 1.807) is 28.4 Å². The molecule has 0 spiro atoms. The van der Waals surface area contributed by atoms with Crippen LogP contribution in [0.5, 0.6) is 11.5 Å². The highest BCUT2D eigenvalue weighted by Gasteiger charge is 2.17. The number of para-hydroxylation sites is 2. The number of aliphatic hydroxyl groups is 2. The Hall–Kier alpha value is -4.81. The Morgan fingerprint density at radius 3 is 2.02 bits per heavy atom. The number of aromatic nitrogens is 6. The number of aliphatic hydroxyl groups excluding tert-OH is 2. The lowest BCUT2D eigenvalue weighted by atomic mass is 10.1. The molecule has 0 aliphatic carbocycles. The van der Waals surface area contributed by atoms with E-state index in [0.29, 0.717) is 22.4 Å². The lowest BCUT2D eigenvalue weighted by molar-refractivity contribution is 0.0870. The van der Waals surface area contributed by atoms with Crippen LogP contribution in [0.3, 0.4) is 0 Å². The molecule has 0 fully saturated rings. The van der Waals surface area contributed by atoms with E-state index in [9.17, 15) is 15.0 Å². The van der Waals surface area contributed by atoms with E-state index in [1.165, 1.54) is 6.07 Å². The molecule has 2 unspecified atom stereocenters. The van der Waals surface area contributed by atoms with Crippen LogP contribution >= 0.6 is 0 Å². The van der Waals surface area contributed by atoms with Crippen LogP contribution in [0.2, 0.25) is 0 Å². The Morgan fingerprint density at radius 2 is 1.40 bits per heavy atom. The van der Waals surface area contributed by atoms with Crippen molar-refractivity contribution in [1.82, 2.24) is 30.0 Å². The summed E-state index contributed by atoms with van der Waals surface area (Å²) < 4.78 is 20.5. The first kappa shape index (κ1) is 25.5. The van der Waals surface area contributed by atoms with Crippen molar-refractivity contribution in [1.29, 1.82) is 0 Å². The first-order valence-corrected chi connectivity index (χ1v) is 12.7. The van der Waals surface area contributed by atoms with Crippen LogP contribution in [-0.4, -0.2) is 65.6 Å². The van der Waals surface area contributed by atoms with E-state index in [1.807, 2.05) is 48.5 Å². The summed E-state index contributed by atoms with van der Waals surface area (Å²) in [5.41, 5.74) is 3.49. The third kappa shape index (κ3) is 5.22. The summed E-state index contributed by atoms with van der Waals surface area (Å²) in [6, 6.07) is 19.5. The van der Waals surface area contributed by atoms with Crippen LogP contribution in [0, 0.1) is 6.92 Å². The van der Waals surface area contributed by atoms with Crippen LogP contribution in [-0.2, 0) is 13.1 Å². The quantitative estimate of drug-likeness (QED) is 0.247. The zero-order chi connectivity index (χ0) is 27.6. The van der Waals surface area contributed by atoms with Crippen molar-refractivity contribution in [3.05, 3.63) is 82.7 Å². The highest BCUT2D eigenvalue weighted by atomic mass is 16.5. The van der Waals surface area contributed by atoms with Gasteiger partial charge >= 0.3 is 5.63 Å². The normalized spacial score (nSPS) is 13.2. The molecule has 6 aromatic rings. The molecule has 2 N–H and O–H groups in total. The molecule has 0 saturated heterocycles. The van der Waals surface area contributed by atoms with Crippen LogP contribution in [0.4, 0.5) is 0 Å². The van der Waals surface area contributed by atoms with E-state index in [-0.39, 0.29) is 31.9 Å². The fourth-order valence-electron chi connectivity index (χ4n) is 4.61. The summed E-state index contributed by atoms with van der Waals surface area (Å²) in [7, 11) is 0. The molecule has 0 radical (unpaired) electrons. The lowest BCUT2D eigenvalue weighted by Gasteiger charge is -2.17. The van der Waals surface area contributed by atoms with Gasteiger partial charge in [0.1, 0.15) is 53.5 Å². The van der Waals surface area contributed by atoms with Gasteiger partial charge in [0, 0.05) is 18.2 Å². The maximum atomic E-state index is 12.1. The van der Waals surface area contributed by atoms with Gasteiger partial charge in [-0.05, 0) is 36.8 Å². The average Bonchev–Trinajstić information content (AvgIpc) is 3.54. The van der Waals surface area contributed by atoms with Gasteiger partial charge in [-0.2, -0.15) is 0 Å². The second kappa shape index (κ2) is 10.8. The molecule has 6 rings (SSSR count). The second-order valence-electron chi connectivity index (χ2n) is 9.49. The summed E-state index contributed by atoms with van der Waals surface area (Å²) in [5.74, 6) is 0.698. The average molecular weight is 543 g/mol. The van der Waals surface area contributed by atoms with E-state index < -0.39 is 17.8 Å². The maximum Gasteiger partial charge on any atom is 0.336 e. The van der Waals surface area contributed by atoms with Gasteiger partial charge in [-0.3, -0.25) is 0 Å². The summed E-state index contributed by atoms with van der Waals surface area (Å²) in [5, 5.41) is 38.3. The number of aryl methyl sites for hydroxylation is 1. The number of ether oxygens (including phenoxy) is 2. The summed E-state index contributed by atoms with van der Waals surface area (Å²) in [6.07, 6.45) is -1.80. The molecule has 0 saturated carbocycles. The Morgan fingerprint density at radius 1 is 0.825 bits per heavy atom. The van der Waals surface area contributed by atoms with Gasteiger partial charge in [0.25, 0.3) is 0 Å². The minimum absolute atomic E-state index is 0.0584. The number of nitrogens with zero attached hydrogens (tertiary/aromatic N) is 6. The molecule has 204 valence electrons. The van der Waals surface area contributed by atoms with Gasteiger partial charge in [0.2, 0.25) is 0 Å². The zero-order valence-corrected chi connectivity index (χ0v) is 21.5. The molecular formula is C28H26N6O6. The first-order valence-electron chi connectivity index (χ1n) is 12.7. The Bertz CT molecular complexity index is 1860. The van der Waals surface area contributed by atoms with Gasteiger partial charge in [-0.1, -0.05) is 34.7 Å². The molecule has 3 heterocycles. The Kier molecular flexibility index (Phi) is 6.84. The van der Waals surface area contributed by atoms with Crippen LogP contribution in [0.15, 0.2) is 75.9 Å². The topological polar surface area (TPSA) is 151 Å². The van der Waals surface area contributed by atoms with Crippen molar-refractivity contribution >= 4 is 33.0 Å². The number of rotatable bonds is 10. The predicted octanol–water partition coefficient (Wildman–Crippen LogP) is 2.47. The van der Waals surface area contributed by atoms with Crippen LogP contribution in [0.25, 0.3) is 33.0 Å². The first-order chi connectivity index (χ1) is 19.4. The summed E-state index contributed by atoms with van der Waals surface area (Å²) in [4.78, 5) is 12.1. The second-order valence-corrected chi connectivity index (χ2v) is 9.49. The molecule has 0 bridgehead atoms. The minimum Gasteiger partial charge on any atom is -0.491 e. The fourth-order valence-corrected chi connectivity index (χ4v) is 4.61. The van der Waals surface area contributed by atoms with Crippen molar-refractivity contribution in [2.45, 2.75) is 32.2 Å². The van der Waals surface area contributed by atoms with E-state index in [2.05, 4.69) is 20.6 Å². The molecular weight excluding hydrogens is 516 g/mol. The molecule has 2 atom stereocenters. The molecule has 3 aromatic carbocycles. The molecule has 40 heavy (non-hydrogen) atoms. The van der Waals surface area contributed by atoms with Gasteiger partial charge in [-0.25, -0.2) is 14.2 Å². The number of fused-ring (bicyclic) bond motifs is 3. The maximum absolute atomic E-state index is 12.1. The van der Waals surface area contributed by atoms with Crippen molar-refractivity contribution in [2.75, 3.05) is 13.2 Å². The largest absolute Gasteiger partial charge is 0.491 e. The highest BCUT2D eigenvalue weighted by molar-refractivity contribution is 5.88. The molecule has 12 nitrogen and oxygen atoms in total. The molecule has 12 heteroatoms. The van der Waals surface area contributed by atoms with Crippen molar-refractivity contribution in [2.24, 2.45) is 0 Å². The van der Waals surface area contributed by atoms with Crippen molar-refractivity contribution in [3.8, 4) is 11.5 Å². The predicted molar refractivity (Wildman–Crippen MR) is 145 cm³/mol. The van der Waals surface area contributed by atoms with Gasteiger partial charge < -0.3 is 24.1 Å². The van der Waals surface area contributed by atoms with Gasteiger partial charge in [0.15, 0.2) is 0 Å². The van der Waals surface area contributed by atoms with E-state index in [0.717, 1.165) is 22.1 Å². The van der Waals surface area contributed by atoms with Crippen molar-refractivity contribution < 1.29 is 24.1 Å². The molecule has 0 aliphatic heterocycles. The van der Waals surface area contributed by atoms with Crippen LogP contribution in [0.1, 0.15) is 5.56 Å². The number of benzene rings is 3. The number of hydrogen-bond acceptors (Lipinski definition) is 10. The summed E-state index contributed by atoms with van der Waals surface area (Å²) >= 11 is 0. The van der Waals surface area contributed by atoms with E-state index in [4.69, 9.17) is 13.9 Å². The lowest BCUT2D eigenvalue weighted by Crippen LogP contribution is -2.25. The third-order valence-electron chi connectivity index (χ3n) is 6.46. The monoisotopic (exact) mass is 542 g/mol. The molecule has 0 aliphatic rings. The molecule has 0 amide bonds. The fraction of sp³-hybridized carbons (Fsp3) is 0.250. The zero-order valence-electron chi connectivity index (χ0n) is 21.5. The standard InChI is InChI=1S/C28H26N6O6/c1-17-10-27(37)40-26-12-20(38-15-18(35)13-33-23-8-4-2-6-21(23)29-31-33)11-25(28(17)26)39-16-19(36)14-34-24-9-5-3-7-22(24)30-32-34/h2-12,18-19,35-36H,13-16H2,1H3. The Labute approximate surface area is 227 Å². The highest BCUT2D eigenvalue weighted by Crippen LogP contribution is 2.33. The van der Waals surface area contributed by atoms with Crippen LogP contribution < -0.4 is 15.1 Å². The minimum atomic E-state index is -0.903. The van der Waals surface area contributed by atoms with Crippen molar-refractivity contribution in [3.63, 3.8) is 0 Å². The van der Waals surface area contributed by atoms with E-state index >= 15 is 0 Å². The summed E-state index contributed by atoms with van der Waals surface area (Å²) in [6.45, 7) is 2.00.